The van der Waals surface area contributed by atoms with Crippen molar-refractivity contribution in [1.82, 2.24) is 0 Å². The summed E-state index contributed by atoms with van der Waals surface area (Å²) in [5, 5.41) is 10.0. The van der Waals surface area contributed by atoms with Crippen LogP contribution in [0.4, 0.5) is 0 Å². The van der Waals surface area contributed by atoms with E-state index in [1.54, 1.807) is 18.2 Å². The van der Waals surface area contributed by atoms with Gasteiger partial charge in [-0.25, -0.2) is 4.79 Å². The van der Waals surface area contributed by atoms with Crippen molar-refractivity contribution in [1.29, 1.82) is 0 Å². The van der Waals surface area contributed by atoms with Crippen LogP contribution in [0.15, 0.2) is 42.5 Å². The van der Waals surface area contributed by atoms with Crippen LogP contribution in [0.25, 0.3) is 11.6 Å². The molecule has 0 radical (unpaired) electrons. The Kier molecular flexibility index (Phi) is 4.81. The number of benzene rings is 2. The summed E-state index contributed by atoms with van der Waals surface area (Å²) in [7, 11) is 0. The van der Waals surface area contributed by atoms with E-state index >= 15 is 0 Å². The smallest absolute Gasteiger partial charge is 0.336 e. The predicted octanol–water partition coefficient (Wildman–Crippen LogP) is 4.84. The maximum absolute atomic E-state index is 11.5. The van der Waals surface area contributed by atoms with Gasteiger partial charge in [0.15, 0.2) is 0 Å². The standard InChI is InChI=1S/C18H17ClO2/c1-3-13-5-7-14(8-6-13)10-16(18(20)21)15-9-4-12(2)17(19)11-15/h4-11H,3H2,1-2H3,(H,20,21)/b16-10-. The number of rotatable bonds is 4. The van der Waals surface area contributed by atoms with E-state index in [0.29, 0.717) is 10.6 Å². The van der Waals surface area contributed by atoms with Gasteiger partial charge in [-0.05, 0) is 47.7 Å². The average Bonchev–Trinajstić information content (AvgIpc) is 2.48. The highest BCUT2D eigenvalue weighted by molar-refractivity contribution is 6.32. The van der Waals surface area contributed by atoms with Crippen LogP contribution in [0.2, 0.25) is 5.02 Å². The van der Waals surface area contributed by atoms with Gasteiger partial charge in [-0.1, -0.05) is 54.9 Å². The van der Waals surface area contributed by atoms with E-state index in [2.05, 4.69) is 6.92 Å². The van der Waals surface area contributed by atoms with Crippen molar-refractivity contribution in [3.8, 4) is 0 Å². The lowest BCUT2D eigenvalue weighted by Crippen LogP contribution is -2.00. The van der Waals surface area contributed by atoms with Gasteiger partial charge in [-0.3, -0.25) is 0 Å². The van der Waals surface area contributed by atoms with Gasteiger partial charge >= 0.3 is 5.97 Å². The van der Waals surface area contributed by atoms with E-state index in [0.717, 1.165) is 17.5 Å². The Morgan fingerprint density at radius 1 is 1.19 bits per heavy atom. The molecule has 2 nitrogen and oxygen atoms in total. The molecule has 108 valence electrons. The summed E-state index contributed by atoms with van der Waals surface area (Å²) in [6.45, 7) is 3.97. The predicted molar refractivity (Wildman–Crippen MR) is 87.5 cm³/mol. The fourth-order valence-corrected chi connectivity index (χ4v) is 2.23. The third-order valence-corrected chi connectivity index (χ3v) is 3.82. The Hall–Kier alpha value is -2.06. The zero-order valence-corrected chi connectivity index (χ0v) is 12.8. The van der Waals surface area contributed by atoms with Crippen molar-refractivity contribution in [3.63, 3.8) is 0 Å². The largest absolute Gasteiger partial charge is 0.478 e. The molecular formula is C18H17ClO2. The van der Waals surface area contributed by atoms with Crippen LogP contribution >= 0.6 is 11.6 Å². The minimum Gasteiger partial charge on any atom is -0.478 e. The highest BCUT2D eigenvalue weighted by Gasteiger charge is 2.11. The van der Waals surface area contributed by atoms with E-state index in [4.69, 9.17) is 11.6 Å². The third-order valence-electron chi connectivity index (χ3n) is 3.41. The molecule has 0 spiro atoms. The van der Waals surface area contributed by atoms with Gasteiger partial charge in [0, 0.05) is 5.02 Å². The Morgan fingerprint density at radius 3 is 2.38 bits per heavy atom. The molecule has 1 N–H and O–H groups in total. The number of carbonyl (C=O) groups is 1. The van der Waals surface area contributed by atoms with Gasteiger partial charge in [0.05, 0.1) is 5.57 Å². The van der Waals surface area contributed by atoms with Crippen LogP contribution in [0.5, 0.6) is 0 Å². The first kappa shape index (κ1) is 15.3. The quantitative estimate of drug-likeness (QED) is 0.648. The number of aliphatic carboxylic acids is 1. The molecule has 2 aromatic rings. The van der Waals surface area contributed by atoms with Gasteiger partial charge in [-0.15, -0.1) is 0 Å². The highest BCUT2D eigenvalue weighted by atomic mass is 35.5. The molecule has 0 aliphatic rings. The molecule has 0 unspecified atom stereocenters. The SMILES string of the molecule is CCc1ccc(/C=C(\C(=O)O)c2ccc(C)c(Cl)c2)cc1. The number of halogens is 1. The van der Waals surface area contributed by atoms with Gasteiger partial charge in [-0.2, -0.15) is 0 Å². The van der Waals surface area contributed by atoms with Crippen LogP contribution in [-0.2, 0) is 11.2 Å². The van der Waals surface area contributed by atoms with Gasteiger partial charge in [0.25, 0.3) is 0 Å². The Balaban J connectivity index is 2.44. The highest BCUT2D eigenvalue weighted by Crippen LogP contribution is 2.24. The monoisotopic (exact) mass is 300 g/mol. The average molecular weight is 301 g/mol. The normalized spacial score (nSPS) is 11.5. The van der Waals surface area contributed by atoms with Crippen molar-refractivity contribution >= 4 is 29.2 Å². The summed E-state index contributed by atoms with van der Waals surface area (Å²) >= 11 is 6.08. The topological polar surface area (TPSA) is 37.3 Å². The number of hydrogen-bond acceptors (Lipinski definition) is 1. The lowest BCUT2D eigenvalue weighted by Gasteiger charge is -2.06. The molecule has 0 amide bonds. The van der Waals surface area contributed by atoms with E-state index in [9.17, 15) is 9.90 Å². The van der Waals surface area contributed by atoms with E-state index < -0.39 is 5.97 Å². The molecule has 0 aliphatic heterocycles. The molecule has 0 aliphatic carbocycles. The van der Waals surface area contributed by atoms with E-state index in [1.807, 2.05) is 37.3 Å². The number of aryl methyl sites for hydroxylation is 2. The molecule has 2 aromatic carbocycles. The maximum Gasteiger partial charge on any atom is 0.336 e. The number of carboxylic acid groups (broad SMARTS) is 1. The minimum atomic E-state index is -0.963. The fourth-order valence-electron chi connectivity index (χ4n) is 2.05. The summed E-state index contributed by atoms with van der Waals surface area (Å²) in [5.74, 6) is -0.963. The minimum absolute atomic E-state index is 0.237. The molecule has 0 atom stereocenters. The molecular weight excluding hydrogens is 284 g/mol. The fraction of sp³-hybridized carbons (Fsp3) is 0.167. The summed E-state index contributed by atoms with van der Waals surface area (Å²) in [6.07, 6.45) is 2.63. The lowest BCUT2D eigenvalue weighted by molar-refractivity contribution is -0.130. The molecule has 0 saturated heterocycles. The molecule has 0 fully saturated rings. The van der Waals surface area contributed by atoms with Crippen LogP contribution in [0, 0.1) is 6.92 Å². The summed E-state index contributed by atoms with van der Waals surface area (Å²) in [4.78, 5) is 11.5. The van der Waals surface area contributed by atoms with Crippen molar-refractivity contribution < 1.29 is 9.90 Å². The van der Waals surface area contributed by atoms with Gasteiger partial charge in [0.2, 0.25) is 0 Å². The first-order chi connectivity index (χ1) is 10.0. The van der Waals surface area contributed by atoms with E-state index in [1.165, 1.54) is 5.56 Å². The van der Waals surface area contributed by atoms with Crippen LogP contribution in [-0.4, -0.2) is 11.1 Å². The Morgan fingerprint density at radius 2 is 1.86 bits per heavy atom. The first-order valence-corrected chi connectivity index (χ1v) is 7.19. The first-order valence-electron chi connectivity index (χ1n) is 6.81. The molecule has 2 rings (SSSR count). The lowest BCUT2D eigenvalue weighted by atomic mass is 10.0. The second-order valence-corrected chi connectivity index (χ2v) is 5.33. The molecule has 0 saturated carbocycles. The van der Waals surface area contributed by atoms with Crippen molar-refractivity contribution in [3.05, 3.63) is 69.7 Å². The van der Waals surface area contributed by atoms with Gasteiger partial charge in [0.1, 0.15) is 0 Å². The maximum atomic E-state index is 11.5. The summed E-state index contributed by atoms with van der Waals surface area (Å²) in [5.41, 5.74) is 3.86. The Labute approximate surface area is 129 Å². The zero-order chi connectivity index (χ0) is 15.4. The van der Waals surface area contributed by atoms with Crippen molar-refractivity contribution in [2.45, 2.75) is 20.3 Å². The number of carboxylic acids is 1. The molecule has 3 heteroatoms. The molecule has 0 aromatic heterocycles. The second-order valence-electron chi connectivity index (χ2n) is 4.92. The van der Waals surface area contributed by atoms with Gasteiger partial charge < -0.3 is 5.11 Å². The molecule has 0 heterocycles. The summed E-state index contributed by atoms with van der Waals surface area (Å²) in [6, 6.07) is 13.2. The van der Waals surface area contributed by atoms with Crippen LogP contribution in [0.3, 0.4) is 0 Å². The van der Waals surface area contributed by atoms with Crippen molar-refractivity contribution in [2.24, 2.45) is 0 Å². The zero-order valence-electron chi connectivity index (χ0n) is 12.1. The van der Waals surface area contributed by atoms with Crippen LogP contribution < -0.4 is 0 Å². The van der Waals surface area contributed by atoms with Crippen LogP contribution in [0.1, 0.15) is 29.2 Å². The number of hydrogen-bond donors (Lipinski definition) is 1. The third kappa shape index (κ3) is 3.73. The molecule has 21 heavy (non-hydrogen) atoms. The van der Waals surface area contributed by atoms with E-state index in [-0.39, 0.29) is 5.57 Å². The second kappa shape index (κ2) is 6.59. The molecule has 0 bridgehead atoms. The summed E-state index contributed by atoms with van der Waals surface area (Å²) < 4.78 is 0. The van der Waals surface area contributed by atoms with Crippen molar-refractivity contribution in [2.75, 3.05) is 0 Å². The Bertz CT molecular complexity index is 685.